The number of rotatable bonds is 6. The molecule has 0 unspecified atom stereocenters. The summed E-state index contributed by atoms with van der Waals surface area (Å²) in [6.45, 7) is -0.332. The number of nitrogens with zero attached hydrogens (tertiary/aromatic N) is 2. The minimum absolute atomic E-state index is 0.100. The SMILES string of the molecule is N#CCCN(c1ccccc1)S(=O)(=O)CCO. The molecule has 0 amide bonds. The maximum absolute atomic E-state index is 11.9. The summed E-state index contributed by atoms with van der Waals surface area (Å²) in [5, 5.41) is 17.3. The Balaban J connectivity index is 3.01. The third-order valence-corrected chi connectivity index (χ3v) is 3.92. The van der Waals surface area contributed by atoms with Crippen molar-refractivity contribution in [3.63, 3.8) is 0 Å². The zero-order valence-electron chi connectivity index (χ0n) is 9.28. The lowest BCUT2D eigenvalue weighted by Crippen LogP contribution is -2.34. The normalized spacial score (nSPS) is 10.8. The highest BCUT2D eigenvalue weighted by Crippen LogP contribution is 2.17. The third-order valence-electron chi connectivity index (χ3n) is 2.16. The van der Waals surface area contributed by atoms with Gasteiger partial charge in [-0.2, -0.15) is 5.26 Å². The summed E-state index contributed by atoms with van der Waals surface area (Å²) in [5.74, 6) is -0.340. The van der Waals surface area contributed by atoms with Crippen LogP contribution in [0, 0.1) is 11.3 Å². The molecule has 0 spiro atoms. The van der Waals surface area contributed by atoms with Crippen molar-refractivity contribution < 1.29 is 13.5 Å². The van der Waals surface area contributed by atoms with E-state index in [1.807, 2.05) is 6.07 Å². The zero-order chi connectivity index (χ0) is 12.7. The van der Waals surface area contributed by atoms with E-state index >= 15 is 0 Å². The Morgan fingerprint density at radius 1 is 1.29 bits per heavy atom. The molecule has 1 N–H and O–H groups in total. The van der Waals surface area contributed by atoms with Crippen molar-refractivity contribution in [2.45, 2.75) is 6.42 Å². The van der Waals surface area contributed by atoms with Crippen molar-refractivity contribution in [2.75, 3.05) is 23.2 Å². The summed E-state index contributed by atoms with van der Waals surface area (Å²) in [5.41, 5.74) is 0.510. The highest BCUT2D eigenvalue weighted by molar-refractivity contribution is 7.92. The van der Waals surface area contributed by atoms with Crippen LogP contribution >= 0.6 is 0 Å². The smallest absolute Gasteiger partial charge is 0.237 e. The van der Waals surface area contributed by atoms with Crippen LogP contribution < -0.4 is 4.31 Å². The van der Waals surface area contributed by atoms with E-state index in [-0.39, 0.29) is 18.7 Å². The fourth-order valence-electron chi connectivity index (χ4n) is 1.40. The van der Waals surface area contributed by atoms with Crippen LogP contribution in [0.15, 0.2) is 30.3 Å². The Kier molecular flexibility index (Phi) is 4.94. The minimum atomic E-state index is -3.57. The fraction of sp³-hybridized carbons (Fsp3) is 0.364. The summed E-state index contributed by atoms with van der Waals surface area (Å²) in [6.07, 6.45) is 0.111. The molecular formula is C11H14N2O3S. The molecule has 0 bridgehead atoms. The number of sulfonamides is 1. The summed E-state index contributed by atoms with van der Waals surface area (Å²) in [6, 6.07) is 10.5. The van der Waals surface area contributed by atoms with Crippen molar-refractivity contribution in [2.24, 2.45) is 0 Å². The van der Waals surface area contributed by atoms with Crippen LogP contribution in [-0.4, -0.2) is 32.4 Å². The molecular weight excluding hydrogens is 240 g/mol. The van der Waals surface area contributed by atoms with E-state index in [0.717, 1.165) is 4.31 Å². The van der Waals surface area contributed by atoms with Crippen molar-refractivity contribution in [3.8, 4) is 6.07 Å². The highest BCUT2D eigenvalue weighted by atomic mass is 32.2. The van der Waals surface area contributed by atoms with Crippen LogP contribution in [0.5, 0.6) is 0 Å². The number of aliphatic hydroxyl groups is 1. The van der Waals surface area contributed by atoms with Crippen molar-refractivity contribution in [3.05, 3.63) is 30.3 Å². The van der Waals surface area contributed by atoms with E-state index in [2.05, 4.69) is 0 Å². The quantitative estimate of drug-likeness (QED) is 0.811. The van der Waals surface area contributed by atoms with Gasteiger partial charge in [0.1, 0.15) is 0 Å². The molecule has 0 aromatic heterocycles. The summed E-state index contributed by atoms with van der Waals surface area (Å²) < 4.78 is 24.9. The first kappa shape index (κ1) is 13.5. The van der Waals surface area contributed by atoms with E-state index in [0.29, 0.717) is 5.69 Å². The van der Waals surface area contributed by atoms with E-state index in [1.54, 1.807) is 30.3 Å². The Bertz CT molecular complexity index is 479. The minimum Gasteiger partial charge on any atom is -0.395 e. The van der Waals surface area contributed by atoms with Crippen LogP contribution in [0.3, 0.4) is 0 Å². The molecule has 17 heavy (non-hydrogen) atoms. The maximum atomic E-state index is 11.9. The first-order valence-electron chi connectivity index (χ1n) is 5.15. The maximum Gasteiger partial charge on any atom is 0.237 e. The van der Waals surface area contributed by atoms with Gasteiger partial charge in [-0.25, -0.2) is 8.42 Å². The lowest BCUT2D eigenvalue weighted by atomic mass is 10.3. The molecule has 0 radical (unpaired) electrons. The molecule has 0 aliphatic carbocycles. The average Bonchev–Trinajstić information content (AvgIpc) is 2.30. The van der Waals surface area contributed by atoms with Gasteiger partial charge < -0.3 is 5.11 Å². The summed E-state index contributed by atoms with van der Waals surface area (Å²) in [4.78, 5) is 0. The van der Waals surface area contributed by atoms with Crippen molar-refractivity contribution >= 4 is 15.7 Å². The summed E-state index contributed by atoms with van der Waals surface area (Å²) in [7, 11) is -3.57. The standard InChI is InChI=1S/C11H14N2O3S/c12-7-4-8-13(17(15,16)10-9-14)11-5-2-1-3-6-11/h1-3,5-6,14H,4,8-10H2. The first-order valence-corrected chi connectivity index (χ1v) is 6.76. The average molecular weight is 254 g/mol. The van der Waals surface area contributed by atoms with E-state index in [1.165, 1.54) is 0 Å². The van der Waals surface area contributed by atoms with Crippen molar-refractivity contribution in [1.82, 2.24) is 0 Å². The van der Waals surface area contributed by atoms with Gasteiger partial charge in [0.05, 0.1) is 30.5 Å². The Morgan fingerprint density at radius 2 is 1.94 bits per heavy atom. The molecule has 1 aromatic carbocycles. The van der Waals surface area contributed by atoms with Crippen molar-refractivity contribution in [1.29, 1.82) is 5.26 Å². The van der Waals surface area contributed by atoms with E-state index in [9.17, 15) is 8.42 Å². The molecule has 92 valence electrons. The van der Waals surface area contributed by atoms with E-state index < -0.39 is 16.6 Å². The number of benzene rings is 1. The monoisotopic (exact) mass is 254 g/mol. The molecule has 0 fully saturated rings. The van der Waals surface area contributed by atoms with Gasteiger partial charge in [-0.05, 0) is 12.1 Å². The fourth-order valence-corrected chi connectivity index (χ4v) is 2.66. The molecule has 5 nitrogen and oxygen atoms in total. The largest absolute Gasteiger partial charge is 0.395 e. The number of aliphatic hydroxyl groups excluding tert-OH is 1. The topological polar surface area (TPSA) is 81.4 Å². The number of para-hydroxylation sites is 1. The van der Waals surface area contributed by atoms with Crippen LogP contribution in [0.1, 0.15) is 6.42 Å². The number of hydrogen-bond donors (Lipinski definition) is 1. The van der Waals surface area contributed by atoms with Crippen LogP contribution in [0.4, 0.5) is 5.69 Å². The molecule has 0 aliphatic rings. The second kappa shape index (κ2) is 6.23. The lowest BCUT2D eigenvalue weighted by Gasteiger charge is -2.22. The van der Waals surface area contributed by atoms with Gasteiger partial charge >= 0.3 is 0 Å². The lowest BCUT2D eigenvalue weighted by molar-refractivity contribution is 0.319. The molecule has 1 rings (SSSR count). The molecule has 0 atom stereocenters. The number of anilines is 1. The first-order chi connectivity index (χ1) is 8.11. The Labute approximate surface area is 101 Å². The van der Waals surface area contributed by atoms with Crippen LogP contribution in [0.25, 0.3) is 0 Å². The van der Waals surface area contributed by atoms with Gasteiger partial charge in [0.15, 0.2) is 0 Å². The summed E-state index contributed by atoms with van der Waals surface area (Å²) >= 11 is 0. The van der Waals surface area contributed by atoms with Gasteiger partial charge in [0.25, 0.3) is 0 Å². The molecule has 0 heterocycles. The van der Waals surface area contributed by atoms with Gasteiger partial charge in [-0.3, -0.25) is 4.31 Å². The van der Waals surface area contributed by atoms with Gasteiger partial charge in [0.2, 0.25) is 10.0 Å². The Morgan fingerprint density at radius 3 is 2.47 bits per heavy atom. The second-order valence-corrected chi connectivity index (χ2v) is 5.37. The van der Waals surface area contributed by atoms with Gasteiger partial charge in [0, 0.05) is 6.54 Å². The van der Waals surface area contributed by atoms with Crippen LogP contribution in [0.2, 0.25) is 0 Å². The molecule has 0 saturated carbocycles. The second-order valence-electron chi connectivity index (χ2n) is 3.36. The number of nitriles is 1. The van der Waals surface area contributed by atoms with Crippen LogP contribution in [-0.2, 0) is 10.0 Å². The molecule has 1 aromatic rings. The molecule has 6 heteroatoms. The van der Waals surface area contributed by atoms with Gasteiger partial charge in [-0.15, -0.1) is 0 Å². The zero-order valence-corrected chi connectivity index (χ0v) is 10.1. The third kappa shape index (κ3) is 3.73. The molecule has 0 saturated heterocycles. The molecule has 0 aliphatic heterocycles. The predicted octanol–water partition coefficient (Wildman–Crippen LogP) is 0.729. The highest BCUT2D eigenvalue weighted by Gasteiger charge is 2.21. The number of hydrogen-bond acceptors (Lipinski definition) is 4. The van der Waals surface area contributed by atoms with E-state index in [4.69, 9.17) is 10.4 Å². The predicted molar refractivity (Wildman–Crippen MR) is 64.9 cm³/mol. The Hall–Kier alpha value is -1.58. The van der Waals surface area contributed by atoms with Gasteiger partial charge in [-0.1, -0.05) is 18.2 Å².